The number of carbonyl (C=O) groups excluding carboxylic acids is 2. The minimum absolute atomic E-state index is 0.0183. The number of rotatable bonds is 8. The molecule has 1 aromatic heterocycles. The van der Waals surface area contributed by atoms with Crippen molar-refractivity contribution >= 4 is 17.5 Å². The molecule has 4 N–H and O–H groups in total. The van der Waals surface area contributed by atoms with Gasteiger partial charge in [0.1, 0.15) is 0 Å². The summed E-state index contributed by atoms with van der Waals surface area (Å²) in [5.74, 6) is -0.0616. The Morgan fingerprint density at radius 2 is 1.80 bits per heavy atom. The van der Waals surface area contributed by atoms with Crippen molar-refractivity contribution in [3.05, 3.63) is 54.0 Å². The number of hydrogen-bond donors (Lipinski definition) is 3. The molecule has 0 saturated heterocycles. The molecule has 0 aliphatic rings. The van der Waals surface area contributed by atoms with Crippen LogP contribution in [0.1, 0.15) is 42.8 Å². The Hall–Kier alpha value is -2.60. The highest BCUT2D eigenvalue weighted by atomic mass is 16.3. The Balaban J connectivity index is 1.92. The highest BCUT2D eigenvalue weighted by Gasteiger charge is 2.32. The lowest BCUT2D eigenvalue weighted by Crippen LogP contribution is -2.45. The topological polar surface area (TPSA) is 97.4 Å². The standard InChI is InChI=1S/C19H25N3O3/c1-3-19(4-2,13-20)18(24)21-12-14-7-9-15(10-8-14)22-17(23)16-6-5-11-25-16/h5-11H,3-4,12-13,20H2,1-2H3,(H,21,24)(H,22,23). The zero-order chi connectivity index (χ0) is 18.3. The molecule has 25 heavy (non-hydrogen) atoms. The summed E-state index contributed by atoms with van der Waals surface area (Å²) in [6.07, 6.45) is 2.88. The fraction of sp³-hybridized carbons (Fsp3) is 0.368. The lowest BCUT2D eigenvalue weighted by molar-refractivity contribution is -0.131. The molecule has 0 fully saturated rings. The number of anilines is 1. The third-order valence-corrected chi connectivity index (χ3v) is 4.64. The molecule has 0 saturated carbocycles. The minimum atomic E-state index is -0.503. The summed E-state index contributed by atoms with van der Waals surface area (Å²) in [5, 5.41) is 5.71. The highest BCUT2D eigenvalue weighted by molar-refractivity contribution is 6.02. The molecule has 0 radical (unpaired) electrons. The maximum Gasteiger partial charge on any atom is 0.291 e. The second-order valence-corrected chi connectivity index (χ2v) is 6.00. The van der Waals surface area contributed by atoms with E-state index in [0.717, 1.165) is 5.56 Å². The fourth-order valence-corrected chi connectivity index (χ4v) is 2.63. The number of amides is 2. The van der Waals surface area contributed by atoms with Crippen LogP contribution in [0.2, 0.25) is 0 Å². The quantitative estimate of drug-likeness (QED) is 0.686. The Labute approximate surface area is 147 Å². The Kier molecular flexibility index (Phi) is 6.36. The van der Waals surface area contributed by atoms with Gasteiger partial charge in [-0.15, -0.1) is 0 Å². The molecule has 0 aliphatic heterocycles. The molecule has 1 aromatic carbocycles. The van der Waals surface area contributed by atoms with Crippen LogP contribution in [0.25, 0.3) is 0 Å². The zero-order valence-electron chi connectivity index (χ0n) is 14.7. The van der Waals surface area contributed by atoms with Crippen LogP contribution in [0, 0.1) is 5.41 Å². The maximum atomic E-state index is 12.4. The van der Waals surface area contributed by atoms with E-state index >= 15 is 0 Å². The molecule has 134 valence electrons. The first-order chi connectivity index (χ1) is 12.0. The van der Waals surface area contributed by atoms with E-state index in [-0.39, 0.29) is 17.6 Å². The van der Waals surface area contributed by atoms with Crippen molar-refractivity contribution in [2.75, 3.05) is 11.9 Å². The summed E-state index contributed by atoms with van der Waals surface area (Å²) in [4.78, 5) is 24.3. The van der Waals surface area contributed by atoms with Gasteiger partial charge in [-0.05, 0) is 42.7 Å². The van der Waals surface area contributed by atoms with Gasteiger partial charge in [0.05, 0.1) is 11.7 Å². The van der Waals surface area contributed by atoms with Gasteiger partial charge in [-0.3, -0.25) is 9.59 Å². The van der Waals surface area contributed by atoms with Crippen LogP contribution in [0.4, 0.5) is 5.69 Å². The van der Waals surface area contributed by atoms with Gasteiger partial charge in [-0.1, -0.05) is 26.0 Å². The van der Waals surface area contributed by atoms with Crippen LogP contribution in [-0.2, 0) is 11.3 Å². The first-order valence-corrected chi connectivity index (χ1v) is 8.47. The van der Waals surface area contributed by atoms with Crippen LogP contribution in [0.5, 0.6) is 0 Å². The van der Waals surface area contributed by atoms with Crippen LogP contribution in [0.3, 0.4) is 0 Å². The number of nitrogens with one attached hydrogen (secondary N) is 2. The first-order valence-electron chi connectivity index (χ1n) is 8.47. The summed E-state index contributed by atoms with van der Waals surface area (Å²) in [6.45, 7) is 4.72. The highest BCUT2D eigenvalue weighted by Crippen LogP contribution is 2.25. The van der Waals surface area contributed by atoms with E-state index < -0.39 is 5.41 Å². The third kappa shape index (κ3) is 4.48. The van der Waals surface area contributed by atoms with E-state index in [4.69, 9.17) is 10.2 Å². The summed E-state index contributed by atoms with van der Waals surface area (Å²) >= 11 is 0. The van der Waals surface area contributed by atoms with Crippen molar-refractivity contribution < 1.29 is 14.0 Å². The second kappa shape index (κ2) is 8.48. The SMILES string of the molecule is CCC(CC)(CN)C(=O)NCc1ccc(NC(=O)c2ccco2)cc1. The van der Waals surface area contributed by atoms with Gasteiger partial charge < -0.3 is 20.8 Å². The van der Waals surface area contributed by atoms with Crippen molar-refractivity contribution in [1.82, 2.24) is 5.32 Å². The predicted octanol–water partition coefficient (Wildman–Crippen LogP) is 2.91. The number of carbonyl (C=O) groups is 2. The van der Waals surface area contributed by atoms with Gasteiger partial charge in [-0.25, -0.2) is 0 Å². The van der Waals surface area contributed by atoms with E-state index in [0.29, 0.717) is 31.6 Å². The molecule has 1 heterocycles. The molecular formula is C19H25N3O3. The van der Waals surface area contributed by atoms with Gasteiger partial charge in [0.25, 0.3) is 5.91 Å². The van der Waals surface area contributed by atoms with Crippen molar-refractivity contribution in [2.24, 2.45) is 11.1 Å². The van der Waals surface area contributed by atoms with Crippen molar-refractivity contribution in [1.29, 1.82) is 0 Å². The predicted molar refractivity (Wildman–Crippen MR) is 97.0 cm³/mol. The lowest BCUT2D eigenvalue weighted by Gasteiger charge is -2.28. The molecule has 0 bridgehead atoms. The summed E-state index contributed by atoms with van der Waals surface area (Å²) < 4.78 is 5.05. The van der Waals surface area contributed by atoms with Crippen molar-refractivity contribution in [2.45, 2.75) is 33.2 Å². The summed E-state index contributed by atoms with van der Waals surface area (Å²) in [6, 6.07) is 10.6. The largest absolute Gasteiger partial charge is 0.459 e. The van der Waals surface area contributed by atoms with Crippen molar-refractivity contribution in [3.63, 3.8) is 0 Å². The van der Waals surface area contributed by atoms with Gasteiger partial charge in [0, 0.05) is 18.8 Å². The maximum absolute atomic E-state index is 12.4. The molecule has 0 spiro atoms. The molecule has 2 amide bonds. The second-order valence-electron chi connectivity index (χ2n) is 6.00. The molecule has 0 unspecified atom stereocenters. The molecule has 0 atom stereocenters. The number of hydrogen-bond acceptors (Lipinski definition) is 4. The Morgan fingerprint density at radius 3 is 2.32 bits per heavy atom. The van der Waals surface area contributed by atoms with E-state index in [2.05, 4.69) is 10.6 Å². The average Bonchev–Trinajstić information content (AvgIpc) is 3.18. The van der Waals surface area contributed by atoms with Crippen LogP contribution in [0.15, 0.2) is 47.1 Å². The normalized spacial score (nSPS) is 11.2. The van der Waals surface area contributed by atoms with Crippen LogP contribution >= 0.6 is 0 Å². The van der Waals surface area contributed by atoms with Crippen LogP contribution < -0.4 is 16.4 Å². The molecule has 6 heteroatoms. The lowest BCUT2D eigenvalue weighted by atomic mass is 9.81. The zero-order valence-corrected chi connectivity index (χ0v) is 14.7. The Morgan fingerprint density at radius 1 is 1.12 bits per heavy atom. The molecule has 6 nitrogen and oxygen atoms in total. The molecule has 2 aromatic rings. The van der Waals surface area contributed by atoms with E-state index in [1.807, 2.05) is 26.0 Å². The number of benzene rings is 1. The molecular weight excluding hydrogens is 318 g/mol. The van der Waals surface area contributed by atoms with E-state index in [1.54, 1.807) is 24.3 Å². The van der Waals surface area contributed by atoms with Gasteiger partial charge in [0.2, 0.25) is 5.91 Å². The van der Waals surface area contributed by atoms with Gasteiger partial charge in [-0.2, -0.15) is 0 Å². The van der Waals surface area contributed by atoms with Crippen molar-refractivity contribution in [3.8, 4) is 0 Å². The van der Waals surface area contributed by atoms with Crippen LogP contribution in [-0.4, -0.2) is 18.4 Å². The number of furan rings is 1. The average molecular weight is 343 g/mol. The smallest absolute Gasteiger partial charge is 0.291 e. The third-order valence-electron chi connectivity index (χ3n) is 4.64. The Bertz CT molecular complexity index is 681. The van der Waals surface area contributed by atoms with E-state index in [9.17, 15) is 9.59 Å². The summed E-state index contributed by atoms with van der Waals surface area (Å²) in [7, 11) is 0. The molecule has 0 aliphatic carbocycles. The fourth-order valence-electron chi connectivity index (χ4n) is 2.63. The van der Waals surface area contributed by atoms with E-state index in [1.165, 1.54) is 6.26 Å². The minimum Gasteiger partial charge on any atom is -0.459 e. The summed E-state index contributed by atoms with van der Waals surface area (Å²) in [5.41, 5.74) is 6.90. The first kappa shape index (κ1) is 18.7. The number of nitrogens with two attached hydrogens (primary N) is 1. The monoisotopic (exact) mass is 343 g/mol. The van der Waals surface area contributed by atoms with Gasteiger partial charge in [0.15, 0.2) is 5.76 Å². The van der Waals surface area contributed by atoms with Gasteiger partial charge >= 0.3 is 0 Å². The molecule has 2 rings (SSSR count).